The number of hydrogen-bond acceptors (Lipinski definition) is 4. The topological polar surface area (TPSA) is 41.6 Å². The predicted octanol–water partition coefficient (Wildman–Crippen LogP) is 4.78. The Morgan fingerprint density at radius 1 is 1.15 bits per heavy atom. The minimum absolute atomic E-state index is 0.296. The summed E-state index contributed by atoms with van der Waals surface area (Å²) >= 11 is 7.49. The number of morpholine rings is 1. The average molecular weight is 391 g/mol. The molecule has 0 spiro atoms. The number of carbonyl (C=O) groups is 1. The molecule has 0 bridgehead atoms. The molecule has 0 saturated carbocycles. The third-order valence-electron chi connectivity index (χ3n) is 4.30. The van der Waals surface area contributed by atoms with Gasteiger partial charge in [0.2, 0.25) is 0 Å². The van der Waals surface area contributed by atoms with Gasteiger partial charge in [0.15, 0.2) is 0 Å². The molecule has 2 aromatic carbocycles. The molecule has 1 aliphatic heterocycles. The lowest BCUT2D eigenvalue weighted by atomic mass is 10.2. The first-order valence-corrected chi connectivity index (χ1v) is 9.43. The van der Waals surface area contributed by atoms with Gasteiger partial charge in [0.1, 0.15) is 10.7 Å². The molecule has 0 radical (unpaired) electrons. The van der Waals surface area contributed by atoms with Crippen molar-refractivity contribution in [1.29, 1.82) is 0 Å². The highest BCUT2D eigenvalue weighted by molar-refractivity contribution is 7.21. The molecule has 1 saturated heterocycles. The highest BCUT2D eigenvalue weighted by atomic mass is 35.5. The van der Waals surface area contributed by atoms with E-state index in [4.69, 9.17) is 16.3 Å². The van der Waals surface area contributed by atoms with Crippen LogP contribution in [0.25, 0.3) is 10.1 Å². The summed E-state index contributed by atoms with van der Waals surface area (Å²) in [7, 11) is 0. The van der Waals surface area contributed by atoms with Crippen LogP contribution in [0.3, 0.4) is 0 Å². The minimum Gasteiger partial charge on any atom is -0.378 e. The summed E-state index contributed by atoms with van der Waals surface area (Å²) in [6.07, 6.45) is 0. The number of carbonyl (C=O) groups excluding carboxylic acids is 1. The molecule has 4 rings (SSSR count). The monoisotopic (exact) mass is 390 g/mol. The van der Waals surface area contributed by atoms with Gasteiger partial charge in [-0.25, -0.2) is 4.39 Å². The molecule has 7 heteroatoms. The molecule has 1 aliphatic rings. The maximum Gasteiger partial charge on any atom is 0.267 e. The Hall–Kier alpha value is -2.15. The van der Waals surface area contributed by atoms with E-state index >= 15 is 0 Å². The van der Waals surface area contributed by atoms with Crippen LogP contribution in [-0.4, -0.2) is 32.2 Å². The Kier molecular flexibility index (Phi) is 4.80. The third kappa shape index (κ3) is 3.40. The van der Waals surface area contributed by atoms with Crippen molar-refractivity contribution >= 4 is 50.3 Å². The summed E-state index contributed by atoms with van der Waals surface area (Å²) in [5, 5.41) is 3.89. The molecule has 3 aromatic rings. The second-order valence-corrected chi connectivity index (χ2v) is 7.42. The average Bonchev–Trinajstić information content (AvgIpc) is 2.99. The van der Waals surface area contributed by atoms with Crippen molar-refractivity contribution < 1.29 is 13.9 Å². The standard InChI is InChI=1S/C19H16ClFN2O2S/c20-17-15-6-1-12(21)11-16(15)26-18(17)19(24)22-13-2-4-14(5-3-13)23-7-9-25-10-8-23/h1-6,11H,7-10H2,(H,22,24). The number of nitrogens with one attached hydrogen (secondary N) is 1. The Morgan fingerprint density at radius 3 is 2.62 bits per heavy atom. The van der Waals surface area contributed by atoms with E-state index in [1.54, 1.807) is 6.07 Å². The molecule has 26 heavy (non-hydrogen) atoms. The van der Waals surface area contributed by atoms with Gasteiger partial charge in [0.25, 0.3) is 5.91 Å². The van der Waals surface area contributed by atoms with Crippen molar-refractivity contribution in [2.75, 3.05) is 36.5 Å². The van der Waals surface area contributed by atoms with Crippen molar-refractivity contribution in [3.63, 3.8) is 0 Å². The first-order valence-electron chi connectivity index (χ1n) is 8.23. The number of nitrogens with zero attached hydrogens (tertiary/aromatic N) is 1. The highest BCUT2D eigenvalue weighted by Gasteiger charge is 2.18. The van der Waals surface area contributed by atoms with Gasteiger partial charge in [-0.05, 0) is 42.5 Å². The Balaban J connectivity index is 1.52. The van der Waals surface area contributed by atoms with Crippen molar-refractivity contribution in [2.45, 2.75) is 0 Å². The van der Waals surface area contributed by atoms with Gasteiger partial charge in [-0.2, -0.15) is 0 Å². The van der Waals surface area contributed by atoms with Gasteiger partial charge in [-0.15, -0.1) is 11.3 Å². The van der Waals surface area contributed by atoms with E-state index in [0.717, 1.165) is 32.0 Å². The molecule has 0 aliphatic carbocycles. The lowest BCUT2D eigenvalue weighted by Crippen LogP contribution is -2.36. The number of anilines is 2. The fourth-order valence-corrected chi connectivity index (χ4v) is 4.39. The van der Waals surface area contributed by atoms with E-state index in [9.17, 15) is 9.18 Å². The van der Waals surface area contributed by atoms with Gasteiger partial charge >= 0.3 is 0 Å². The number of hydrogen-bond donors (Lipinski definition) is 1. The summed E-state index contributed by atoms with van der Waals surface area (Å²) in [5.41, 5.74) is 1.79. The van der Waals surface area contributed by atoms with E-state index in [-0.39, 0.29) is 11.7 Å². The summed E-state index contributed by atoms with van der Waals surface area (Å²) in [6.45, 7) is 3.17. The fraction of sp³-hybridized carbons (Fsp3) is 0.211. The van der Waals surface area contributed by atoms with Crippen LogP contribution in [0.1, 0.15) is 9.67 Å². The van der Waals surface area contributed by atoms with Crippen molar-refractivity contribution in [2.24, 2.45) is 0 Å². The summed E-state index contributed by atoms with van der Waals surface area (Å²) in [6, 6.07) is 12.0. The number of benzene rings is 2. The van der Waals surface area contributed by atoms with Gasteiger partial charge in [0.05, 0.1) is 18.2 Å². The zero-order chi connectivity index (χ0) is 18.1. The molecule has 134 valence electrons. The molecular weight excluding hydrogens is 375 g/mol. The first-order chi connectivity index (χ1) is 12.6. The van der Waals surface area contributed by atoms with Gasteiger partial charge < -0.3 is 15.0 Å². The maximum absolute atomic E-state index is 13.4. The Labute approximate surface area is 159 Å². The lowest BCUT2D eigenvalue weighted by molar-refractivity contribution is 0.103. The largest absolute Gasteiger partial charge is 0.378 e. The third-order valence-corrected chi connectivity index (χ3v) is 5.96. The molecule has 0 unspecified atom stereocenters. The molecule has 4 nitrogen and oxygen atoms in total. The van der Waals surface area contributed by atoms with E-state index in [1.807, 2.05) is 24.3 Å². The maximum atomic E-state index is 13.4. The van der Waals surface area contributed by atoms with Crippen LogP contribution in [-0.2, 0) is 4.74 Å². The second-order valence-electron chi connectivity index (χ2n) is 5.99. The van der Waals surface area contributed by atoms with Crippen LogP contribution in [0.15, 0.2) is 42.5 Å². The first kappa shape index (κ1) is 17.3. The molecule has 1 N–H and O–H groups in total. The Bertz CT molecular complexity index is 952. The van der Waals surface area contributed by atoms with Crippen LogP contribution in [0.2, 0.25) is 5.02 Å². The number of halogens is 2. The van der Waals surface area contributed by atoms with Crippen LogP contribution in [0.4, 0.5) is 15.8 Å². The fourth-order valence-electron chi connectivity index (χ4n) is 2.95. The summed E-state index contributed by atoms with van der Waals surface area (Å²) in [4.78, 5) is 15.2. The quantitative estimate of drug-likeness (QED) is 0.699. The normalized spacial score (nSPS) is 14.6. The molecule has 0 atom stereocenters. The molecule has 2 heterocycles. The number of rotatable bonds is 3. The predicted molar refractivity (Wildman–Crippen MR) is 104 cm³/mol. The summed E-state index contributed by atoms with van der Waals surface area (Å²) < 4.78 is 19.4. The van der Waals surface area contributed by atoms with E-state index in [1.165, 1.54) is 23.5 Å². The van der Waals surface area contributed by atoms with Crippen LogP contribution in [0, 0.1) is 5.82 Å². The van der Waals surface area contributed by atoms with Crippen molar-refractivity contribution in [1.82, 2.24) is 0 Å². The SMILES string of the molecule is O=C(Nc1ccc(N2CCOCC2)cc1)c1sc2cc(F)ccc2c1Cl. The molecular formula is C19H16ClFN2O2S. The smallest absolute Gasteiger partial charge is 0.267 e. The molecule has 1 fully saturated rings. The van der Waals surface area contributed by atoms with Crippen LogP contribution >= 0.6 is 22.9 Å². The number of amides is 1. The molecule has 1 aromatic heterocycles. The number of fused-ring (bicyclic) bond motifs is 1. The minimum atomic E-state index is -0.346. The van der Waals surface area contributed by atoms with E-state index < -0.39 is 0 Å². The number of thiophene rings is 1. The molecule has 1 amide bonds. The lowest BCUT2D eigenvalue weighted by Gasteiger charge is -2.28. The highest BCUT2D eigenvalue weighted by Crippen LogP contribution is 2.36. The van der Waals surface area contributed by atoms with Crippen molar-refractivity contribution in [3.8, 4) is 0 Å². The van der Waals surface area contributed by atoms with Gasteiger partial charge in [-0.1, -0.05) is 11.6 Å². The Morgan fingerprint density at radius 2 is 1.88 bits per heavy atom. The van der Waals surface area contributed by atoms with Gasteiger partial charge in [-0.3, -0.25) is 4.79 Å². The zero-order valence-electron chi connectivity index (χ0n) is 13.8. The van der Waals surface area contributed by atoms with Gasteiger partial charge in [0, 0.05) is 34.6 Å². The van der Waals surface area contributed by atoms with Crippen LogP contribution in [0.5, 0.6) is 0 Å². The zero-order valence-corrected chi connectivity index (χ0v) is 15.4. The summed E-state index contributed by atoms with van der Waals surface area (Å²) in [5.74, 6) is -0.642. The van der Waals surface area contributed by atoms with E-state index in [0.29, 0.717) is 25.7 Å². The second kappa shape index (κ2) is 7.23. The number of ether oxygens (including phenoxy) is 1. The van der Waals surface area contributed by atoms with E-state index in [2.05, 4.69) is 10.2 Å². The van der Waals surface area contributed by atoms with Crippen LogP contribution < -0.4 is 10.2 Å². The van der Waals surface area contributed by atoms with Crippen molar-refractivity contribution in [3.05, 3.63) is 58.2 Å².